The molecule has 4 N–H and O–H groups in total. The molecular weight excluding hydrogens is 244 g/mol. The molecule has 19 heavy (non-hydrogen) atoms. The summed E-state index contributed by atoms with van der Waals surface area (Å²) in [6.07, 6.45) is 2.21. The highest BCUT2D eigenvalue weighted by Gasteiger charge is 2.30. The van der Waals surface area contributed by atoms with Gasteiger partial charge in [-0.05, 0) is 37.0 Å². The van der Waals surface area contributed by atoms with Gasteiger partial charge in [0.1, 0.15) is 0 Å². The summed E-state index contributed by atoms with van der Waals surface area (Å²) >= 11 is 0. The summed E-state index contributed by atoms with van der Waals surface area (Å²) < 4.78 is 0. The molecule has 1 aromatic carbocycles. The van der Waals surface area contributed by atoms with Gasteiger partial charge in [-0.3, -0.25) is 9.59 Å². The number of aliphatic carboxylic acids is 1. The van der Waals surface area contributed by atoms with Crippen molar-refractivity contribution >= 4 is 17.6 Å². The van der Waals surface area contributed by atoms with Crippen molar-refractivity contribution in [3.8, 4) is 0 Å². The van der Waals surface area contributed by atoms with Gasteiger partial charge >= 0.3 is 5.97 Å². The molecule has 1 aliphatic rings. The topological polar surface area (TPSA) is 92.4 Å². The fourth-order valence-corrected chi connectivity index (χ4v) is 2.44. The molecule has 1 fully saturated rings. The Morgan fingerprint density at radius 2 is 1.95 bits per heavy atom. The number of benzene rings is 1. The predicted octanol–water partition coefficient (Wildman–Crippen LogP) is 1.18. The van der Waals surface area contributed by atoms with E-state index in [0.717, 1.165) is 12.0 Å². The minimum Gasteiger partial charge on any atom is -0.481 e. The molecule has 1 amide bonds. The Labute approximate surface area is 111 Å². The molecule has 1 aromatic rings. The Balaban J connectivity index is 1.82. The molecule has 2 atom stereocenters. The SMILES string of the molecule is Nc1ccc(CC(=O)N[C@H]2CC[C@@H](C(=O)O)C2)cc1. The molecule has 1 aliphatic carbocycles. The van der Waals surface area contributed by atoms with Gasteiger partial charge in [0.15, 0.2) is 0 Å². The van der Waals surface area contributed by atoms with E-state index in [0.29, 0.717) is 24.9 Å². The highest BCUT2D eigenvalue weighted by atomic mass is 16.4. The first kappa shape index (κ1) is 13.4. The van der Waals surface area contributed by atoms with Crippen LogP contribution < -0.4 is 11.1 Å². The van der Waals surface area contributed by atoms with E-state index in [1.807, 2.05) is 12.1 Å². The summed E-state index contributed by atoms with van der Waals surface area (Å²) in [5.41, 5.74) is 7.15. The molecule has 0 heterocycles. The molecule has 1 saturated carbocycles. The molecule has 2 rings (SSSR count). The van der Waals surface area contributed by atoms with Crippen molar-refractivity contribution in [2.45, 2.75) is 31.7 Å². The van der Waals surface area contributed by atoms with Crippen LogP contribution in [0.2, 0.25) is 0 Å². The molecule has 0 spiro atoms. The maximum Gasteiger partial charge on any atom is 0.306 e. The van der Waals surface area contributed by atoms with E-state index in [9.17, 15) is 9.59 Å². The average molecular weight is 262 g/mol. The Bertz CT molecular complexity index is 470. The molecule has 0 unspecified atom stereocenters. The number of carboxylic acids is 1. The van der Waals surface area contributed by atoms with Gasteiger partial charge in [-0.25, -0.2) is 0 Å². The number of nitrogens with one attached hydrogen (secondary N) is 1. The number of hydrogen-bond acceptors (Lipinski definition) is 3. The maximum absolute atomic E-state index is 11.8. The van der Waals surface area contributed by atoms with Crippen LogP contribution in [0.3, 0.4) is 0 Å². The van der Waals surface area contributed by atoms with E-state index in [4.69, 9.17) is 10.8 Å². The van der Waals surface area contributed by atoms with Crippen LogP contribution in [0.1, 0.15) is 24.8 Å². The Morgan fingerprint density at radius 3 is 2.53 bits per heavy atom. The largest absolute Gasteiger partial charge is 0.481 e. The lowest BCUT2D eigenvalue weighted by atomic mass is 10.1. The Kier molecular flexibility index (Phi) is 4.04. The van der Waals surface area contributed by atoms with E-state index in [-0.39, 0.29) is 17.9 Å². The van der Waals surface area contributed by atoms with Crippen molar-refractivity contribution in [2.24, 2.45) is 5.92 Å². The van der Waals surface area contributed by atoms with Crippen molar-refractivity contribution in [1.82, 2.24) is 5.32 Å². The van der Waals surface area contributed by atoms with Gasteiger partial charge in [0.2, 0.25) is 5.91 Å². The number of anilines is 1. The normalized spacial score (nSPS) is 22.1. The van der Waals surface area contributed by atoms with Gasteiger partial charge in [-0.2, -0.15) is 0 Å². The molecule has 102 valence electrons. The highest BCUT2D eigenvalue weighted by molar-refractivity contribution is 5.79. The quantitative estimate of drug-likeness (QED) is 0.710. The molecule has 5 heteroatoms. The first-order valence-corrected chi connectivity index (χ1v) is 6.41. The monoisotopic (exact) mass is 262 g/mol. The predicted molar refractivity (Wildman–Crippen MR) is 71.5 cm³/mol. The molecule has 0 bridgehead atoms. The van der Waals surface area contributed by atoms with Gasteiger partial charge in [0, 0.05) is 11.7 Å². The number of hydrogen-bond donors (Lipinski definition) is 3. The fraction of sp³-hybridized carbons (Fsp3) is 0.429. The van der Waals surface area contributed by atoms with E-state index in [1.54, 1.807) is 12.1 Å². The van der Waals surface area contributed by atoms with Crippen LogP contribution in [0.15, 0.2) is 24.3 Å². The van der Waals surface area contributed by atoms with Crippen molar-refractivity contribution in [2.75, 3.05) is 5.73 Å². The second-order valence-electron chi connectivity index (χ2n) is 5.03. The van der Waals surface area contributed by atoms with Gasteiger partial charge < -0.3 is 16.2 Å². The maximum atomic E-state index is 11.8. The van der Waals surface area contributed by atoms with E-state index < -0.39 is 5.97 Å². The fourth-order valence-electron chi connectivity index (χ4n) is 2.44. The number of carbonyl (C=O) groups is 2. The lowest BCUT2D eigenvalue weighted by Gasteiger charge is -2.12. The summed E-state index contributed by atoms with van der Waals surface area (Å²) in [6.45, 7) is 0. The van der Waals surface area contributed by atoms with Crippen LogP contribution in [0.25, 0.3) is 0 Å². The third-order valence-electron chi connectivity index (χ3n) is 3.49. The first-order chi connectivity index (χ1) is 9.04. The number of rotatable bonds is 4. The van der Waals surface area contributed by atoms with Crippen LogP contribution in [-0.4, -0.2) is 23.0 Å². The number of amides is 1. The second kappa shape index (κ2) is 5.73. The number of nitrogen functional groups attached to an aromatic ring is 1. The van der Waals surface area contributed by atoms with Gasteiger partial charge in [-0.1, -0.05) is 12.1 Å². The lowest BCUT2D eigenvalue weighted by Crippen LogP contribution is -2.34. The summed E-state index contributed by atoms with van der Waals surface area (Å²) in [6, 6.07) is 7.16. The van der Waals surface area contributed by atoms with Gasteiger partial charge in [0.25, 0.3) is 0 Å². The Morgan fingerprint density at radius 1 is 1.26 bits per heavy atom. The van der Waals surface area contributed by atoms with Crippen LogP contribution >= 0.6 is 0 Å². The highest BCUT2D eigenvalue weighted by Crippen LogP contribution is 2.25. The minimum atomic E-state index is -0.768. The van der Waals surface area contributed by atoms with Crippen LogP contribution in [-0.2, 0) is 16.0 Å². The van der Waals surface area contributed by atoms with Crippen molar-refractivity contribution in [3.63, 3.8) is 0 Å². The number of carboxylic acid groups (broad SMARTS) is 1. The standard InChI is InChI=1S/C14H18N2O3/c15-11-4-1-9(2-5-11)7-13(17)16-12-6-3-10(8-12)14(18)19/h1-2,4-5,10,12H,3,6-8,15H2,(H,16,17)(H,18,19)/t10-,12+/m1/s1. The zero-order valence-corrected chi connectivity index (χ0v) is 10.6. The second-order valence-corrected chi connectivity index (χ2v) is 5.03. The molecule has 5 nitrogen and oxygen atoms in total. The summed E-state index contributed by atoms with van der Waals surface area (Å²) in [5.74, 6) is -1.15. The zero-order valence-electron chi connectivity index (χ0n) is 10.6. The zero-order chi connectivity index (χ0) is 13.8. The van der Waals surface area contributed by atoms with Crippen molar-refractivity contribution in [3.05, 3.63) is 29.8 Å². The summed E-state index contributed by atoms with van der Waals surface area (Å²) in [7, 11) is 0. The lowest BCUT2D eigenvalue weighted by molar-refractivity contribution is -0.141. The number of nitrogens with two attached hydrogens (primary N) is 1. The van der Waals surface area contributed by atoms with E-state index >= 15 is 0 Å². The van der Waals surface area contributed by atoms with E-state index in [1.165, 1.54) is 0 Å². The third-order valence-corrected chi connectivity index (χ3v) is 3.49. The van der Waals surface area contributed by atoms with Gasteiger partial charge in [-0.15, -0.1) is 0 Å². The van der Waals surface area contributed by atoms with Crippen molar-refractivity contribution < 1.29 is 14.7 Å². The van der Waals surface area contributed by atoms with Crippen LogP contribution in [0.5, 0.6) is 0 Å². The first-order valence-electron chi connectivity index (χ1n) is 6.41. The molecule has 0 radical (unpaired) electrons. The van der Waals surface area contributed by atoms with E-state index in [2.05, 4.69) is 5.32 Å². The minimum absolute atomic E-state index is 0.0117. The molecule has 0 aliphatic heterocycles. The summed E-state index contributed by atoms with van der Waals surface area (Å²) in [4.78, 5) is 22.7. The third kappa shape index (κ3) is 3.71. The average Bonchev–Trinajstić information content (AvgIpc) is 2.80. The summed E-state index contributed by atoms with van der Waals surface area (Å²) in [5, 5.41) is 11.8. The number of carbonyl (C=O) groups excluding carboxylic acids is 1. The van der Waals surface area contributed by atoms with Crippen molar-refractivity contribution in [1.29, 1.82) is 0 Å². The van der Waals surface area contributed by atoms with Crippen LogP contribution in [0.4, 0.5) is 5.69 Å². The molecule has 0 saturated heterocycles. The smallest absolute Gasteiger partial charge is 0.306 e. The Hall–Kier alpha value is -2.04. The van der Waals surface area contributed by atoms with Crippen LogP contribution in [0, 0.1) is 5.92 Å². The molecular formula is C14H18N2O3. The molecule has 0 aromatic heterocycles. The van der Waals surface area contributed by atoms with Gasteiger partial charge in [0.05, 0.1) is 12.3 Å².